The van der Waals surface area contributed by atoms with Crippen LogP contribution in [-0.4, -0.2) is 78.1 Å². The monoisotopic (exact) mass is 500 g/mol. The molecule has 0 saturated carbocycles. The standard InChI is InChI=1S/C28H41ClN4O2/c1-22(2)33-12-5-7-24(33)19-31-11-6-10-28(20-31,18-27(34)32-15-13-30(4)14-16-32)21-35-25-8-9-26(29)23(3)17-25/h5,7-9,12,17,22H,6,10-11,13-16,18-21H2,1-4H3/t28-/m1/s1. The molecule has 6 nitrogen and oxygen atoms in total. The van der Waals surface area contributed by atoms with Crippen molar-refractivity contribution in [2.75, 3.05) is 52.9 Å². The van der Waals surface area contributed by atoms with E-state index in [0.29, 0.717) is 19.1 Å². The van der Waals surface area contributed by atoms with Crippen LogP contribution in [0.4, 0.5) is 0 Å². The number of piperidine rings is 1. The summed E-state index contributed by atoms with van der Waals surface area (Å²) >= 11 is 6.23. The van der Waals surface area contributed by atoms with E-state index in [9.17, 15) is 4.79 Å². The van der Waals surface area contributed by atoms with Gasteiger partial charge in [-0.3, -0.25) is 9.69 Å². The van der Waals surface area contributed by atoms with Crippen molar-refractivity contribution in [3.8, 4) is 5.75 Å². The van der Waals surface area contributed by atoms with Gasteiger partial charge >= 0.3 is 0 Å². The van der Waals surface area contributed by atoms with Gasteiger partial charge in [-0.25, -0.2) is 0 Å². The van der Waals surface area contributed by atoms with Gasteiger partial charge in [0.1, 0.15) is 5.75 Å². The van der Waals surface area contributed by atoms with E-state index in [1.807, 2.05) is 25.1 Å². The van der Waals surface area contributed by atoms with Crippen LogP contribution >= 0.6 is 11.6 Å². The summed E-state index contributed by atoms with van der Waals surface area (Å²) in [6.45, 7) is 13.3. The lowest BCUT2D eigenvalue weighted by Crippen LogP contribution is -2.52. The van der Waals surface area contributed by atoms with Crippen molar-refractivity contribution in [1.29, 1.82) is 0 Å². The number of carbonyl (C=O) groups is 1. The number of rotatable bonds is 8. The summed E-state index contributed by atoms with van der Waals surface area (Å²) in [6.07, 6.45) is 4.77. The predicted octanol–water partition coefficient (Wildman–Crippen LogP) is 4.86. The van der Waals surface area contributed by atoms with Crippen LogP contribution in [0.3, 0.4) is 0 Å². The molecule has 0 spiro atoms. The molecule has 2 aliphatic heterocycles. The maximum absolute atomic E-state index is 13.5. The Kier molecular flexibility index (Phi) is 8.46. The van der Waals surface area contributed by atoms with Crippen molar-refractivity contribution in [2.24, 2.45) is 5.41 Å². The lowest BCUT2D eigenvalue weighted by atomic mass is 9.77. The first-order valence-corrected chi connectivity index (χ1v) is 13.4. The van der Waals surface area contributed by atoms with Crippen molar-refractivity contribution in [3.63, 3.8) is 0 Å². The molecular weight excluding hydrogens is 460 g/mol. The molecule has 1 amide bonds. The number of aryl methyl sites for hydroxylation is 1. The molecule has 0 unspecified atom stereocenters. The van der Waals surface area contributed by atoms with E-state index in [0.717, 1.165) is 75.0 Å². The fraction of sp³-hybridized carbons (Fsp3) is 0.607. The van der Waals surface area contributed by atoms with E-state index in [-0.39, 0.29) is 11.3 Å². The third-order valence-corrected chi connectivity index (χ3v) is 8.03. The van der Waals surface area contributed by atoms with E-state index in [4.69, 9.17) is 16.3 Å². The van der Waals surface area contributed by atoms with Crippen molar-refractivity contribution in [1.82, 2.24) is 19.3 Å². The molecule has 3 heterocycles. The average Bonchev–Trinajstić information content (AvgIpc) is 3.29. The van der Waals surface area contributed by atoms with Crippen LogP contribution in [0, 0.1) is 12.3 Å². The molecule has 2 fully saturated rings. The zero-order chi connectivity index (χ0) is 25.0. The van der Waals surface area contributed by atoms with E-state index in [1.165, 1.54) is 5.69 Å². The van der Waals surface area contributed by atoms with E-state index < -0.39 is 0 Å². The summed E-state index contributed by atoms with van der Waals surface area (Å²) in [7, 11) is 2.12. The normalized spacial score (nSPS) is 22.1. The van der Waals surface area contributed by atoms with Crippen LogP contribution < -0.4 is 4.74 Å². The van der Waals surface area contributed by atoms with E-state index in [1.54, 1.807) is 0 Å². The Hall–Kier alpha value is -2.02. The molecule has 4 rings (SSSR count). The molecule has 1 aromatic carbocycles. The second kappa shape index (κ2) is 11.4. The number of piperazine rings is 1. The van der Waals surface area contributed by atoms with Crippen LogP contribution in [0.5, 0.6) is 5.75 Å². The Balaban J connectivity index is 1.50. The summed E-state index contributed by atoms with van der Waals surface area (Å²) < 4.78 is 8.71. The highest BCUT2D eigenvalue weighted by Crippen LogP contribution is 2.36. The minimum absolute atomic E-state index is 0.207. The highest BCUT2D eigenvalue weighted by Gasteiger charge is 2.40. The molecule has 0 radical (unpaired) electrons. The van der Waals surface area contributed by atoms with Crippen LogP contribution in [-0.2, 0) is 11.3 Å². The van der Waals surface area contributed by atoms with Gasteiger partial charge < -0.3 is 19.1 Å². The van der Waals surface area contributed by atoms with Gasteiger partial charge in [0.2, 0.25) is 5.91 Å². The number of hydrogen-bond donors (Lipinski definition) is 0. The minimum atomic E-state index is -0.207. The quantitative estimate of drug-likeness (QED) is 0.519. The van der Waals surface area contributed by atoms with Gasteiger partial charge in [-0.1, -0.05) is 11.6 Å². The molecular formula is C28H41ClN4O2. The average molecular weight is 501 g/mol. The zero-order valence-electron chi connectivity index (χ0n) is 21.8. The van der Waals surface area contributed by atoms with Gasteiger partial charge in [-0.2, -0.15) is 0 Å². The molecule has 0 bridgehead atoms. The number of benzene rings is 1. The Morgan fingerprint density at radius 2 is 1.91 bits per heavy atom. The number of nitrogens with zero attached hydrogens (tertiary/aromatic N) is 4. The van der Waals surface area contributed by atoms with Gasteiger partial charge in [0, 0.05) is 74.1 Å². The van der Waals surface area contributed by atoms with Crippen LogP contribution in [0.1, 0.15) is 50.4 Å². The molecule has 1 aromatic heterocycles. The maximum Gasteiger partial charge on any atom is 0.223 e. The topological polar surface area (TPSA) is 41.0 Å². The summed E-state index contributed by atoms with van der Waals surface area (Å²) in [6, 6.07) is 10.6. The maximum atomic E-state index is 13.5. The van der Waals surface area contributed by atoms with Gasteiger partial charge in [0.05, 0.1) is 6.61 Å². The van der Waals surface area contributed by atoms with Crippen molar-refractivity contribution < 1.29 is 9.53 Å². The summed E-state index contributed by atoms with van der Waals surface area (Å²) in [4.78, 5) is 20.3. The molecule has 0 aliphatic carbocycles. The first-order valence-electron chi connectivity index (χ1n) is 13.0. The van der Waals surface area contributed by atoms with Crippen molar-refractivity contribution >= 4 is 17.5 Å². The van der Waals surface area contributed by atoms with Crippen LogP contribution in [0.2, 0.25) is 5.02 Å². The third-order valence-electron chi connectivity index (χ3n) is 7.61. The van der Waals surface area contributed by atoms with Crippen LogP contribution in [0.15, 0.2) is 36.5 Å². The summed E-state index contributed by atoms with van der Waals surface area (Å²) in [5.74, 6) is 1.09. The van der Waals surface area contributed by atoms with Crippen LogP contribution in [0.25, 0.3) is 0 Å². The lowest BCUT2D eigenvalue weighted by molar-refractivity contribution is -0.137. The molecule has 2 aromatic rings. The Morgan fingerprint density at radius 1 is 1.14 bits per heavy atom. The van der Waals surface area contributed by atoms with Gasteiger partial charge in [0.25, 0.3) is 0 Å². The lowest BCUT2D eigenvalue weighted by Gasteiger charge is -2.44. The molecule has 35 heavy (non-hydrogen) atoms. The third kappa shape index (κ3) is 6.60. The fourth-order valence-corrected chi connectivity index (χ4v) is 5.60. The molecule has 0 N–H and O–H groups in total. The second-order valence-electron chi connectivity index (χ2n) is 10.9. The first kappa shape index (κ1) is 26.1. The Labute approximate surface area is 215 Å². The number of amides is 1. The summed E-state index contributed by atoms with van der Waals surface area (Å²) in [5.41, 5.74) is 2.13. The van der Waals surface area contributed by atoms with E-state index in [2.05, 4.69) is 58.5 Å². The number of ether oxygens (including phenoxy) is 1. The largest absolute Gasteiger partial charge is 0.493 e. The first-order chi connectivity index (χ1) is 16.7. The Bertz CT molecular complexity index is 999. The van der Waals surface area contributed by atoms with Crippen molar-refractivity contribution in [2.45, 2.75) is 52.6 Å². The molecule has 192 valence electrons. The predicted molar refractivity (Wildman–Crippen MR) is 142 cm³/mol. The zero-order valence-corrected chi connectivity index (χ0v) is 22.6. The highest BCUT2D eigenvalue weighted by molar-refractivity contribution is 6.31. The number of hydrogen-bond acceptors (Lipinski definition) is 4. The second-order valence-corrected chi connectivity index (χ2v) is 11.3. The molecule has 2 saturated heterocycles. The SMILES string of the molecule is Cc1cc(OC[C@@]2(CC(=O)N3CCN(C)CC3)CCCN(Cc3cccn3C(C)C)C2)ccc1Cl. The van der Waals surface area contributed by atoms with Gasteiger partial charge in [-0.05, 0) is 83.1 Å². The number of carbonyl (C=O) groups excluding carboxylic acids is 1. The van der Waals surface area contributed by atoms with E-state index >= 15 is 0 Å². The molecule has 1 atom stereocenters. The Morgan fingerprint density at radius 3 is 2.63 bits per heavy atom. The smallest absolute Gasteiger partial charge is 0.223 e. The fourth-order valence-electron chi connectivity index (χ4n) is 5.49. The van der Waals surface area contributed by atoms with Gasteiger partial charge in [-0.15, -0.1) is 0 Å². The number of aromatic nitrogens is 1. The number of halogens is 1. The van der Waals surface area contributed by atoms with Gasteiger partial charge in [0.15, 0.2) is 0 Å². The number of likely N-dealkylation sites (tertiary alicyclic amines) is 1. The molecule has 2 aliphatic rings. The number of likely N-dealkylation sites (N-methyl/N-ethyl adjacent to an activating group) is 1. The molecule has 7 heteroatoms. The summed E-state index contributed by atoms with van der Waals surface area (Å²) in [5, 5.41) is 0.745. The van der Waals surface area contributed by atoms with Crippen molar-refractivity contribution in [3.05, 3.63) is 52.8 Å². The minimum Gasteiger partial charge on any atom is -0.493 e. The highest BCUT2D eigenvalue weighted by atomic mass is 35.5.